The number of hydrogen-bond acceptors (Lipinski definition) is 3. The van der Waals surface area contributed by atoms with Crippen LogP contribution >= 0.6 is 0 Å². The summed E-state index contributed by atoms with van der Waals surface area (Å²) in [5.41, 5.74) is 1.79. The number of hydrogen-bond donors (Lipinski definition) is 0. The van der Waals surface area contributed by atoms with Gasteiger partial charge in [-0.3, -0.25) is 4.79 Å². The minimum Gasteiger partial charge on any atom is -0.497 e. The summed E-state index contributed by atoms with van der Waals surface area (Å²) >= 11 is 0. The summed E-state index contributed by atoms with van der Waals surface area (Å²) in [4.78, 5) is 12.2. The Morgan fingerprint density at radius 2 is 2.25 bits per heavy atom. The van der Waals surface area contributed by atoms with Crippen molar-refractivity contribution in [1.29, 1.82) is 0 Å². The zero-order chi connectivity index (χ0) is 14.1. The smallest absolute Gasteiger partial charge is 0.162 e. The Labute approximate surface area is 119 Å². The van der Waals surface area contributed by atoms with Crippen molar-refractivity contribution in [3.05, 3.63) is 29.3 Å². The summed E-state index contributed by atoms with van der Waals surface area (Å²) < 4.78 is 11.4. The number of carbonyl (C=O) groups is 1. The van der Waals surface area contributed by atoms with E-state index < -0.39 is 0 Å². The first kappa shape index (κ1) is 13.2. The van der Waals surface area contributed by atoms with Crippen molar-refractivity contribution in [3.63, 3.8) is 0 Å². The van der Waals surface area contributed by atoms with Gasteiger partial charge in [-0.15, -0.1) is 0 Å². The fourth-order valence-electron chi connectivity index (χ4n) is 3.19. The average molecular weight is 272 g/mol. The van der Waals surface area contributed by atoms with Crippen LogP contribution in [0.5, 0.6) is 11.5 Å². The molecule has 20 heavy (non-hydrogen) atoms. The van der Waals surface area contributed by atoms with Gasteiger partial charge in [-0.1, -0.05) is 13.3 Å². The van der Waals surface area contributed by atoms with Gasteiger partial charge in [0, 0.05) is 23.5 Å². The third-order valence-electron chi connectivity index (χ3n) is 4.24. The molecule has 1 aromatic rings. The van der Waals surface area contributed by atoms with E-state index in [1.54, 1.807) is 7.11 Å². The van der Waals surface area contributed by atoms with E-state index >= 15 is 0 Å². The first-order valence-electron chi connectivity index (χ1n) is 7.32. The highest BCUT2D eigenvalue weighted by Gasteiger charge is 2.37. The Morgan fingerprint density at radius 3 is 3.00 bits per heavy atom. The second-order valence-electron chi connectivity index (χ2n) is 5.55. The molecule has 2 atom stereocenters. The minimum absolute atomic E-state index is 0.0582. The van der Waals surface area contributed by atoms with E-state index in [0.29, 0.717) is 12.3 Å². The molecule has 3 heteroatoms. The molecule has 3 nitrogen and oxygen atoms in total. The number of benzene rings is 1. The zero-order valence-corrected chi connectivity index (χ0v) is 12.0. The van der Waals surface area contributed by atoms with Crippen molar-refractivity contribution in [2.45, 2.75) is 38.7 Å². The first-order valence-corrected chi connectivity index (χ1v) is 7.32. The molecule has 1 heterocycles. The maximum Gasteiger partial charge on any atom is 0.162 e. The maximum absolute atomic E-state index is 12.2. The van der Waals surface area contributed by atoms with Crippen LogP contribution in [-0.4, -0.2) is 19.0 Å². The first-order chi connectivity index (χ1) is 9.72. The van der Waals surface area contributed by atoms with Crippen LogP contribution < -0.4 is 9.47 Å². The van der Waals surface area contributed by atoms with Gasteiger partial charge in [0.1, 0.15) is 17.6 Å². The van der Waals surface area contributed by atoms with Crippen molar-refractivity contribution in [1.82, 2.24) is 0 Å². The van der Waals surface area contributed by atoms with Crippen LogP contribution in [0.4, 0.5) is 0 Å². The van der Waals surface area contributed by atoms with Crippen LogP contribution in [0, 0.1) is 5.92 Å². The van der Waals surface area contributed by atoms with Crippen molar-refractivity contribution >= 4 is 11.9 Å². The van der Waals surface area contributed by atoms with Gasteiger partial charge in [0.05, 0.1) is 7.11 Å². The second-order valence-corrected chi connectivity index (χ2v) is 5.55. The maximum atomic E-state index is 12.2. The Morgan fingerprint density at radius 1 is 1.40 bits per heavy atom. The van der Waals surface area contributed by atoms with Gasteiger partial charge in [0.15, 0.2) is 5.78 Å². The molecule has 0 radical (unpaired) electrons. The number of rotatable bonds is 3. The molecule has 0 saturated heterocycles. The van der Waals surface area contributed by atoms with E-state index in [-0.39, 0.29) is 11.9 Å². The lowest BCUT2D eigenvalue weighted by Gasteiger charge is -2.36. The summed E-state index contributed by atoms with van der Waals surface area (Å²) in [5, 5.41) is 0. The number of methoxy groups -OCH3 is 1. The molecule has 0 amide bonds. The molecule has 1 aromatic carbocycles. The SMILES string of the molecule is CCC[C@H]1CCC(=O)C2=Cc3cc(OC)ccc3O[C@@H]21. The van der Waals surface area contributed by atoms with Crippen LogP contribution in [0.25, 0.3) is 6.08 Å². The van der Waals surface area contributed by atoms with Gasteiger partial charge >= 0.3 is 0 Å². The summed E-state index contributed by atoms with van der Waals surface area (Å²) in [5.74, 6) is 2.33. The van der Waals surface area contributed by atoms with Crippen molar-refractivity contribution in [2.75, 3.05) is 7.11 Å². The normalized spacial score (nSPS) is 24.3. The fourth-order valence-corrected chi connectivity index (χ4v) is 3.19. The molecule has 0 unspecified atom stereocenters. The van der Waals surface area contributed by atoms with Gasteiger partial charge in [0.25, 0.3) is 0 Å². The highest BCUT2D eigenvalue weighted by atomic mass is 16.5. The van der Waals surface area contributed by atoms with Gasteiger partial charge < -0.3 is 9.47 Å². The molecule has 1 saturated carbocycles. The van der Waals surface area contributed by atoms with E-state index in [1.165, 1.54) is 0 Å². The molecule has 0 bridgehead atoms. The minimum atomic E-state index is -0.0582. The summed E-state index contributed by atoms with van der Waals surface area (Å²) in [6, 6.07) is 5.76. The number of carbonyl (C=O) groups excluding carboxylic acids is 1. The van der Waals surface area contributed by atoms with Crippen molar-refractivity contribution < 1.29 is 14.3 Å². The lowest BCUT2D eigenvalue weighted by molar-refractivity contribution is -0.118. The van der Waals surface area contributed by atoms with Crippen LogP contribution in [0.1, 0.15) is 38.2 Å². The van der Waals surface area contributed by atoms with Gasteiger partial charge in [-0.2, -0.15) is 0 Å². The fraction of sp³-hybridized carbons (Fsp3) is 0.471. The summed E-state index contributed by atoms with van der Waals surface area (Å²) in [6.07, 6.45) is 5.77. The van der Waals surface area contributed by atoms with Crippen molar-refractivity contribution in [3.8, 4) is 11.5 Å². The molecule has 1 fully saturated rings. The number of fused-ring (bicyclic) bond motifs is 2. The van der Waals surface area contributed by atoms with Crippen molar-refractivity contribution in [2.24, 2.45) is 5.92 Å². The number of ether oxygens (including phenoxy) is 2. The monoisotopic (exact) mass is 272 g/mol. The van der Waals surface area contributed by atoms with E-state index in [4.69, 9.17) is 9.47 Å². The molecule has 0 aromatic heterocycles. The van der Waals surface area contributed by atoms with Gasteiger partial charge in [0.2, 0.25) is 0 Å². The molecular formula is C17H20O3. The lowest BCUT2D eigenvalue weighted by Crippen LogP contribution is -2.38. The summed E-state index contributed by atoms with van der Waals surface area (Å²) in [7, 11) is 1.64. The Bertz CT molecular complexity index is 559. The Kier molecular flexibility index (Phi) is 3.51. The molecule has 0 N–H and O–H groups in total. The number of Topliss-reactive ketones (excluding diaryl/α,β-unsaturated/α-hetero) is 1. The predicted molar refractivity (Wildman–Crippen MR) is 78.0 cm³/mol. The molecule has 2 aliphatic rings. The molecular weight excluding hydrogens is 252 g/mol. The summed E-state index contributed by atoms with van der Waals surface area (Å²) in [6.45, 7) is 2.18. The largest absolute Gasteiger partial charge is 0.497 e. The quantitative estimate of drug-likeness (QED) is 0.843. The van der Waals surface area contributed by atoms with Crippen LogP contribution in [0.15, 0.2) is 23.8 Å². The predicted octanol–water partition coefficient (Wildman–Crippen LogP) is 3.62. The molecule has 1 aliphatic carbocycles. The highest BCUT2D eigenvalue weighted by molar-refractivity contribution is 6.02. The highest BCUT2D eigenvalue weighted by Crippen LogP contribution is 2.40. The number of ketones is 1. The van der Waals surface area contributed by atoms with Crippen LogP contribution in [-0.2, 0) is 4.79 Å². The van der Waals surface area contributed by atoms with E-state index in [9.17, 15) is 4.79 Å². The lowest BCUT2D eigenvalue weighted by atomic mass is 9.78. The van der Waals surface area contributed by atoms with E-state index in [2.05, 4.69) is 6.92 Å². The van der Waals surface area contributed by atoms with Gasteiger partial charge in [-0.25, -0.2) is 0 Å². The molecule has 1 aliphatic heterocycles. The molecule has 106 valence electrons. The average Bonchev–Trinajstić information content (AvgIpc) is 2.48. The van der Waals surface area contributed by atoms with E-state index in [0.717, 1.165) is 41.9 Å². The topological polar surface area (TPSA) is 35.5 Å². The zero-order valence-electron chi connectivity index (χ0n) is 12.0. The third kappa shape index (κ3) is 2.21. The second kappa shape index (κ2) is 5.31. The van der Waals surface area contributed by atoms with Crippen LogP contribution in [0.2, 0.25) is 0 Å². The molecule has 3 rings (SSSR count). The van der Waals surface area contributed by atoms with Gasteiger partial charge in [-0.05, 0) is 37.1 Å². The Balaban J connectivity index is 1.98. The van der Waals surface area contributed by atoms with Crippen LogP contribution in [0.3, 0.4) is 0 Å². The Hall–Kier alpha value is -1.77. The third-order valence-corrected chi connectivity index (χ3v) is 4.24. The molecule has 0 spiro atoms. The van der Waals surface area contributed by atoms with E-state index in [1.807, 2.05) is 24.3 Å². The standard InChI is InChI=1S/C17H20O3/c1-3-4-11-5-7-15(18)14-10-12-9-13(19-2)6-8-16(12)20-17(11)14/h6,8-11,17H,3-5,7H2,1-2H3/t11-,17+/m0/s1.